The van der Waals surface area contributed by atoms with Gasteiger partial charge in [-0.2, -0.15) is 0 Å². The van der Waals surface area contributed by atoms with Crippen molar-refractivity contribution in [2.75, 3.05) is 13.1 Å². The summed E-state index contributed by atoms with van der Waals surface area (Å²) in [5.41, 5.74) is 5.49. The molecule has 0 spiro atoms. The van der Waals surface area contributed by atoms with Crippen molar-refractivity contribution >= 4 is 11.7 Å². The Labute approximate surface area is 82.8 Å². The summed E-state index contributed by atoms with van der Waals surface area (Å²) >= 11 is 0. The molecule has 0 unspecified atom stereocenters. The summed E-state index contributed by atoms with van der Waals surface area (Å²) in [7, 11) is 0. The molecule has 6 heteroatoms. The Morgan fingerprint density at radius 3 is 2.64 bits per heavy atom. The molecule has 0 aromatic heterocycles. The van der Waals surface area contributed by atoms with Gasteiger partial charge >= 0.3 is 5.97 Å². The first-order valence-electron chi connectivity index (χ1n) is 4.54. The summed E-state index contributed by atoms with van der Waals surface area (Å²) in [6, 6.07) is -0.920. The fourth-order valence-corrected chi connectivity index (χ4v) is 1.09. The van der Waals surface area contributed by atoms with Crippen LogP contribution in [0.3, 0.4) is 0 Å². The molecule has 1 atom stereocenters. The monoisotopic (exact) mass is 203 g/mol. The molecule has 82 valence electrons. The van der Waals surface area contributed by atoms with Crippen LogP contribution in [0.2, 0.25) is 0 Å². The number of rotatable bonds is 7. The molecule has 6 nitrogen and oxygen atoms in total. The normalized spacial score (nSPS) is 14.0. The topological polar surface area (TPSA) is 108 Å². The summed E-state index contributed by atoms with van der Waals surface area (Å²) in [6.45, 7) is 2.73. The summed E-state index contributed by atoms with van der Waals surface area (Å²) in [5.74, 6) is -1.04. The number of aliphatic carboxylic acids is 1. The Bertz CT molecular complexity index is 206. The highest BCUT2D eigenvalue weighted by Gasteiger charge is 2.22. The average Bonchev–Trinajstić information content (AvgIpc) is 2.17. The molecule has 0 amide bonds. The Balaban J connectivity index is 4.35. The molecule has 0 bridgehead atoms. The van der Waals surface area contributed by atoms with E-state index in [1.807, 2.05) is 0 Å². The Morgan fingerprint density at radius 2 is 2.29 bits per heavy atom. The number of oxime groups is 1. The lowest BCUT2D eigenvalue weighted by Gasteiger charge is -2.13. The van der Waals surface area contributed by atoms with Crippen LogP contribution in [0.5, 0.6) is 0 Å². The number of nitrogens with two attached hydrogens (primary N) is 1. The first kappa shape index (κ1) is 12.9. The van der Waals surface area contributed by atoms with Gasteiger partial charge in [0.1, 0.15) is 6.04 Å². The van der Waals surface area contributed by atoms with Crippen molar-refractivity contribution in [3.8, 4) is 0 Å². The van der Waals surface area contributed by atoms with Gasteiger partial charge in [-0.25, -0.2) is 0 Å². The van der Waals surface area contributed by atoms with Crippen LogP contribution in [-0.2, 0) is 4.79 Å². The first-order valence-corrected chi connectivity index (χ1v) is 4.54. The SMILES string of the molecule is CCN[C@H](C(=O)O)C(CCCN)=NO. The predicted molar refractivity (Wildman–Crippen MR) is 52.6 cm³/mol. The Kier molecular flexibility index (Phi) is 6.69. The molecule has 0 aromatic carbocycles. The maximum atomic E-state index is 10.8. The van der Waals surface area contributed by atoms with Crippen LogP contribution in [0, 0.1) is 0 Å². The number of hydrogen-bond donors (Lipinski definition) is 4. The molecule has 0 saturated heterocycles. The fourth-order valence-electron chi connectivity index (χ4n) is 1.09. The van der Waals surface area contributed by atoms with Crippen molar-refractivity contribution in [2.24, 2.45) is 10.9 Å². The summed E-state index contributed by atoms with van der Waals surface area (Å²) in [6.07, 6.45) is 0.992. The summed E-state index contributed by atoms with van der Waals surface area (Å²) < 4.78 is 0. The van der Waals surface area contributed by atoms with Gasteiger partial charge < -0.3 is 16.0 Å². The van der Waals surface area contributed by atoms with Gasteiger partial charge in [-0.05, 0) is 25.9 Å². The number of carboxylic acids is 1. The minimum Gasteiger partial charge on any atom is -0.480 e. The lowest BCUT2D eigenvalue weighted by Crippen LogP contribution is -2.43. The molecule has 0 rings (SSSR count). The van der Waals surface area contributed by atoms with E-state index >= 15 is 0 Å². The van der Waals surface area contributed by atoms with E-state index in [0.717, 1.165) is 0 Å². The number of likely N-dealkylation sites (N-methyl/N-ethyl adjacent to an activating group) is 1. The van der Waals surface area contributed by atoms with Crippen molar-refractivity contribution in [2.45, 2.75) is 25.8 Å². The van der Waals surface area contributed by atoms with Gasteiger partial charge in [0.15, 0.2) is 0 Å². The predicted octanol–water partition coefficient (Wildman–Crippen LogP) is -0.382. The second kappa shape index (κ2) is 7.28. The molecule has 0 heterocycles. The van der Waals surface area contributed by atoms with Crippen LogP contribution in [0.15, 0.2) is 5.16 Å². The van der Waals surface area contributed by atoms with Crippen molar-refractivity contribution in [1.29, 1.82) is 0 Å². The molecule has 0 saturated carbocycles. The van der Waals surface area contributed by atoms with Gasteiger partial charge in [-0.1, -0.05) is 12.1 Å². The molecule has 0 fully saturated rings. The van der Waals surface area contributed by atoms with E-state index in [1.54, 1.807) is 6.92 Å². The quantitative estimate of drug-likeness (QED) is 0.256. The van der Waals surface area contributed by atoms with E-state index in [0.29, 0.717) is 25.9 Å². The Morgan fingerprint density at radius 1 is 1.64 bits per heavy atom. The minimum atomic E-state index is -1.04. The summed E-state index contributed by atoms with van der Waals surface area (Å²) in [5, 5.41) is 23.2. The van der Waals surface area contributed by atoms with Gasteiger partial charge in [0, 0.05) is 0 Å². The third-order valence-corrected chi connectivity index (χ3v) is 1.75. The smallest absolute Gasteiger partial charge is 0.326 e. The van der Waals surface area contributed by atoms with E-state index in [1.165, 1.54) is 0 Å². The third kappa shape index (κ3) is 4.20. The van der Waals surface area contributed by atoms with Crippen molar-refractivity contribution in [3.05, 3.63) is 0 Å². The Hall–Kier alpha value is -1.14. The number of carboxylic acid groups (broad SMARTS) is 1. The van der Waals surface area contributed by atoms with Gasteiger partial charge in [0.25, 0.3) is 0 Å². The average molecular weight is 203 g/mol. The number of nitrogens with one attached hydrogen (secondary N) is 1. The van der Waals surface area contributed by atoms with E-state index in [2.05, 4.69) is 10.5 Å². The maximum absolute atomic E-state index is 10.8. The van der Waals surface area contributed by atoms with Crippen molar-refractivity contribution in [3.63, 3.8) is 0 Å². The van der Waals surface area contributed by atoms with E-state index in [4.69, 9.17) is 16.0 Å². The van der Waals surface area contributed by atoms with Gasteiger partial charge in [-0.15, -0.1) is 0 Å². The zero-order valence-corrected chi connectivity index (χ0v) is 8.23. The molecule has 0 aliphatic carbocycles. The lowest BCUT2D eigenvalue weighted by molar-refractivity contribution is -0.137. The van der Waals surface area contributed by atoms with E-state index in [9.17, 15) is 4.79 Å². The molecule has 0 aromatic rings. The molecule has 0 aliphatic rings. The van der Waals surface area contributed by atoms with Crippen LogP contribution >= 0.6 is 0 Å². The van der Waals surface area contributed by atoms with Gasteiger partial charge in [0.05, 0.1) is 5.71 Å². The van der Waals surface area contributed by atoms with Gasteiger partial charge in [-0.3, -0.25) is 10.1 Å². The molecule has 0 radical (unpaired) electrons. The number of hydrogen-bond acceptors (Lipinski definition) is 5. The first-order chi connectivity index (χ1) is 6.67. The second-order valence-corrected chi connectivity index (χ2v) is 2.81. The van der Waals surface area contributed by atoms with Crippen LogP contribution in [0.1, 0.15) is 19.8 Å². The third-order valence-electron chi connectivity index (χ3n) is 1.75. The number of carbonyl (C=O) groups is 1. The standard InChI is InChI=1S/C8H17N3O3/c1-2-10-7(8(12)13)6(11-14)4-3-5-9/h7,10,14H,2-5,9H2,1H3,(H,12,13)/t7-/m0/s1. The maximum Gasteiger partial charge on any atom is 0.326 e. The highest BCUT2D eigenvalue weighted by Crippen LogP contribution is 1.98. The largest absolute Gasteiger partial charge is 0.480 e. The zero-order valence-electron chi connectivity index (χ0n) is 8.23. The summed E-state index contributed by atoms with van der Waals surface area (Å²) in [4.78, 5) is 10.8. The highest BCUT2D eigenvalue weighted by atomic mass is 16.4. The number of nitrogens with zero attached hydrogens (tertiary/aromatic N) is 1. The highest BCUT2D eigenvalue weighted by molar-refractivity contribution is 6.05. The van der Waals surface area contributed by atoms with Crippen LogP contribution < -0.4 is 11.1 Å². The van der Waals surface area contributed by atoms with Crippen LogP contribution in [0.4, 0.5) is 0 Å². The second-order valence-electron chi connectivity index (χ2n) is 2.81. The fraction of sp³-hybridized carbons (Fsp3) is 0.750. The van der Waals surface area contributed by atoms with E-state index in [-0.39, 0.29) is 5.71 Å². The lowest BCUT2D eigenvalue weighted by atomic mass is 10.1. The zero-order chi connectivity index (χ0) is 11.0. The molecule has 14 heavy (non-hydrogen) atoms. The van der Waals surface area contributed by atoms with Crippen molar-refractivity contribution < 1.29 is 15.1 Å². The molecule has 0 aliphatic heterocycles. The molecular formula is C8H17N3O3. The van der Waals surface area contributed by atoms with Crippen LogP contribution in [0.25, 0.3) is 0 Å². The van der Waals surface area contributed by atoms with Crippen LogP contribution in [-0.4, -0.2) is 41.1 Å². The van der Waals surface area contributed by atoms with E-state index < -0.39 is 12.0 Å². The van der Waals surface area contributed by atoms with Gasteiger partial charge in [0.2, 0.25) is 0 Å². The van der Waals surface area contributed by atoms with Crippen molar-refractivity contribution in [1.82, 2.24) is 5.32 Å². The molecular weight excluding hydrogens is 186 g/mol. The minimum absolute atomic E-state index is 0.213. The molecule has 5 N–H and O–H groups in total.